The normalized spacial score (nSPS) is 12.5. The first-order valence-electron chi connectivity index (χ1n) is 4.89. The van der Waals surface area contributed by atoms with Crippen LogP contribution >= 0.6 is 0 Å². The zero-order valence-corrected chi connectivity index (χ0v) is 9.21. The van der Waals surface area contributed by atoms with Crippen LogP contribution < -0.4 is 11.5 Å². The number of anilines is 1. The molecule has 81 valence electrons. The van der Waals surface area contributed by atoms with Gasteiger partial charge in [-0.05, 0) is 55.5 Å². The molecule has 1 aromatic rings. The van der Waals surface area contributed by atoms with Gasteiger partial charge in [-0.2, -0.15) is 0 Å². The third-order valence-electron chi connectivity index (χ3n) is 2.47. The predicted octanol–water partition coefficient (Wildman–Crippen LogP) is 1.68. The van der Waals surface area contributed by atoms with E-state index in [0.29, 0.717) is 0 Å². The van der Waals surface area contributed by atoms with Gasteiger partial charge in [-0.3, -0.25) is 4.79 Å². The smallest absolute Gasteiger partial charge is 0.218 e. The largest absolute Gasteiger partial charge is 0.399 e. The summed E-state index contributed by atoms with van der Waals surface area (Å²) in [5, 5.41) is 0. The van der Waals surface area contributed by atoms with Crippen LogP contribution in [0.1, 0.15) is 29.0 Å². The molecule has 0 aliphatic carbocycles. The second-order valence-electron chi connectivity index (χ2n) is 3.94. The molecule has 1 rings (SSSR count). The Kier molecular flexibility index (Phi) is 3.35. The molecule has 3 heteroatoms. The molecule has 0 fully saturated rings. The second-order valence-corrected chi connectivity index (χ2v) is 3.94. The number of carbonyl (C=O) groups is 1. The fraction of sp³-hybridized carbons (Fsp3) is 0.333. The molecule has 0 spiro atoms. The third-order valence-corrected chi connectivity index (χ3v) is 2.47. The number of carbonyl (C=O) groups excluding carboxylic acids is 1. The van der Waals surface area contributed by atoms with Crippen LogP contribution in [0.3, 0.4) is 0 Å². The minimum atomic E-state index is -0.328. The second kappa shape index (κ2) is 4.34. The molecule has 0 saturated heterocycles. The van der Waals surface area contributed by atoms with Gasteiger partial charge in [0.1, 0.15) is 0 Å². The van der Waals surface area contributed by atoms with Crippen molar-refractivity contribution >= 4 is 11.6 Å². The zero-order valence-electron chi connectivity index (χ0n) is 9.21. The Morgan fingerprint density at radius 3 is 2.27 bits per heavy atom. The highest BCUT2D eigenvalue weighted by Crippen LogP contribution is 2.27. The van der Waals surface area contributed by atoms with E-state index in [4.69, 9.17) is 11.5 Å². The lowest BCUT2D eigenvalue weighted by Crippen LogP contribution is -2.15. The first-order valence-corrected chi connectivity index (χ1v) is 4.89. The average Bonchev–Trinajstić information content (AvgIpc) is 1.99. The molecule has 15 heavy (non-hydrogen) atoms. The van der Waals surface area contributed by atoms with Gasteiger partial charge in [-0.25, -0.2) is 0 Å². The standard InChI is InChI=1S/C12H17N2O/c1-7-4-10(13)5-8(2)12(7)9(3)6-11(14)15/h4-5,9H,3,6,13H2,1-2H3,(H2,14,15). The summed E-state index contributed by atoms with van der Waals surface area (Å²) >= 11 is 0. The maximum atomic E-state index is 10.8. The molecule has 3 nitrogen and oxygen atoms in total. The Balaban J connectivity index is 3.08. The SMILES string of the molecule is [CH2]C(CC(N)=O)c1c(C)cc(N)cc1C. The van der Waals surface area contributed by atoms with E-state index in [0.717, 1.165) is 22.4 Å². The van der Waals surface area contributed by atoms with Crippen molar-refractivity contribution in [2.45, 2.75) is 26.2 Å². The van der Waals surface area contributed by atoms with Crippen molar-refractivity contribution in [3.05, 3.63) is 35.7 Å². The molecular formula is C12H17N2O. The van der Waals surface area contributed by atoms with Gasteiger partial charge in [0.25, 0.3) is 0 Å². The van der Waals surface area contributed by atoms with Gasteiger partial charge in [-0.1, -0.05) is 0 Å². The quantitative estimate of drug-likeness (QED) is 0.737. The monoisotopic (exact) mass is 205 g/mol. The van der Waals surface area contributed by atoms with Crippen LogP contribution in [0.4, 0.5) is 5.69 Å². The number of rotatable bonds is 3. The number of nitrogens with two attached hydrogens (primary N) is 2. The van der Waals surface area contributed by atoms with Crippen molar-refractivity contribution in [1.29, 1.82) is 0 Å². The van der Waals surface area contributed by atoms with Crippen LogP contribution in [0.15, 0.2) is 12.1 Å². The zero-order chi connectivity index (χ0) is 11.6. The van der Waals surface area contributed by atoms with E-state index in [1.165, 1.54) is 0 Å². The van der Waals surface area contributed by atoms with Crippen LogP contribution in [-0.2, 0) is 4.79 Å². The first-order chi connectivity index (χ1) is 6.91. The maximum absolute atomic E-state index is 10.8. The van der Waals surface area contributed by atoms with E-state index in [-0.39, 0.29) is 18.2 Å². The van der Waals surface area contributed by atoms with Crippen molar-refractivity contribution in [2.24, 2.45) is 5.73 Å². The number of nitrogen functional groups attached to an aromatic ring is 1. The van der Waals surface area contributed by atoms with E-state index >= 15 is 0 Å². The number of aryl methyl sites for hydroxylation is 2. The Bertz CT molecular complexity index is 362. The molecule has 4 N–H and O–H groups in total. The van der Waals surface area contributed by atoms with E-state index < -0.39 is 0 Å². The van der Waals surface area contributed by atoms with Crippen molar-refractivity contribution in [3.8, 4) is 0 Å². The van der Waals surface area contributed by atoms with Crippen molar-refractivity contribution in [3.63, 3.8) is 0 Å². The van der Waals surface area contributed by atoms with Gasteiger partial charge in [0.05, 0.1) is 0 Å². The summed E-state index contributed by atoms with van der Waals surface area (Å²) in [5.41, 5.74) is 14.8. The number of amides is 1. The Labute approximate surface area is 90.5 Å². The van der Waals surface area contributed by atoms with Gasteiger partial charge in [0.15, 0.2) is 0 Å². The van der Waals surface area contributed by atoms with Crippen molar-refractivity contribution in [2.75, 3.05) is 5.73 Å². The maximum Gasteiger partial charge on any atom is 0.218 e. The van der Waals surface area contributed by atoms with Crippen LogP contribution in [-0.4, -0.2) is 5.91 Å². The Hall–Kier alpha value is -1.51. The number of primary amides is 1. The summed E-state index contributed by atoms with van der Waals surface area (Å²) in [4.78, 5) is 10.8. The lowest BCUT2D eigenvalue weighted by molar-refractivity contribution is -0.118. The number of benzene rings is 1. The summed E-state index contributed by atoms with van der Waals surface area (Å²) < 4.78 is 0. The van der Waals surface area contributed by atoms with Gasteiger partial charge >= 0.3 is 0 Å². The summed E-state index contributed by atoms with van der Waals surface area (Å²) in [7, 11) is 0. The van der Waals surface area contributed by atoms with E-state index in [9.17, 15) is 4.79 Å². The molecule has 0 aromatic heterocycles. The topological polar surface area (TPSA) is 69.1 Å². The minimum Gasteiger partial charge on any atom is -0.399 e. The van der Waals surface area contributed by atoms with Crippen LogP contribution in [0, 0.1) is 20.8 Å². The van der Waals surface area contributed by atoms with Gasteiger partial charge in [-0.15, -0.1) is 0 Å². The summed E-state index contributed by atoms with van der Waals surface area (Å²) in [6.45, 7) is 7.90. The molecular weight excluding hydrogens is 188 g/mol. The molecule has 1 aromatic carbocycles. The van der Waals surface area contributed by atoms with E-state index in [1.54, 1.807) is 0 Å². The molecule has 0 saturated carbocycles. The highest BCUT2D eigenvalue weighted by atomic mass is 16.1. The molecule has 1 unspecified atom stereocenters. The first kappa shape index (κ1) is 11.6. The number of hydrogen-bond acceptors (Lipinski definition) is 2. The Morgan fingerprint density at radius 2 is 1.87 bits per heavy atom. The molecule has 0 heterocycles. The molecule has 0 bridgehead atoms. The highest BCUT2D eigenvalue weighted by Gasteiger charge is 2.14. The minimum absolute atomic E-state index is 0.0944. The molecule has 1 radical (unpaired) electrons. The molecule has 1 amide bonds. The van der Waals surface area contributed by atoms with Crippen molar-refractivity contribution in [1.82, 2.24) is 0 Å². The third kappa shape index (κ3) is 2.72. The van der Waals surface area contributed by atoms with Gasteiger partial charge in [0, 0.05) is 12.1 Å². The average molecular weight is 205 g/mol. The number of hydrogen-bond donors (Lipinski definition) is 2. The van der Waals surface area contributed by atoms with E-state index in [1.807, 2.05) is 26.0 Å². The molecule has 0 aliphatic heterocycles. The highest BCUT2D eigenvalue weighted by molar-refractivity contribution is 5.75. The van der Waals surface area contributed by atoms with Crippen LogP contribution in [0.5, 0.6) is 0 Å². The van der Waals surface area contributed by atoms with Gasteiger partial charge in [0.2, 0.25) is 5.91 Å². The molecule has 1 atom stereocenters. The van der Waals surface area contributed by atoms with Crippen LogP contribution in [0.25, 0.3) is 0 Å². The summed E-state index contributed by atoms with van der Waals surface area (Å²) in [6.07, 6.45) is 0.269. The predicted molar refractivity (Wildman–Crippen MR) is 62.2 cm³/mol. The Morgan fingerprint density at radius 1 is 1.40 bits per heavy atom. The summed E-state index contributed by atoms with van der Waals surface area (Å²) in [5.74, 6) is -0.422. The fourth-order valence-corrected chi connectivity index (χ4v) is 2.00. The van der Waals surface area contributed by atoms with E-state index in [2.05, 4.69) is 6.92 Å². The molecule has 0 aliphatic rings. The van der Waals surface area contributed by atoms with Crippen LogP contribution in [0.2, 0.25) is 0 Å². The lowest BCUT2D eigenvalue weighted by Gasteiger charge is -2.16. The van der Waals surface area contributed by atoms with Gasteiger partial charge < -0.3 is 11.5 Å². The van der Waals surface area contributed by atoms with Crippen molar-refractivity contribution < 1.29 is 4.79 Å². The fourth-order valence-electron chi connectivity index (χ4n) is 2.00. The lowest BCUT2D eigenvalue weighted by atomic mass is 9.89. The summed E-state index contributed by atoms with van der Waals surface area (Å²) in [6, 6.07) is 3.78.